The van der Waals surface area contributed by atoms with Crippen LogP contribution in [0.1, 0.15) is 51.4 Å². The average molecular weight is 357 g/mol. The van der Waals surface area contributed by atoms with Crippen LogP contribution in [0, 0.1) is 12.8 Å². The molecule has 0 aliphatic carbocycles. The summed E-state index contributed by atoms with van der Waals surface area (Å²) in [5.74, 6) is 3.45. The van der Waals surface area contributed by atoms with Crippen LogP contribution >= 0.6 is 0 Å². The Kier molecular flexibility index (Phi) is 8.12. The van der Waals surface area contributed by atoms with Crippen molar-refractivity contribution in [3.8, 4) is 5.82 Å². The fourth-order valence-corrected chi connectivity index (χ4v) is 2.67. The van der Waals surface area contributed by atoms with E-state index in [2.05, 4.69) is 52.4 Å². The lowest BCUT2D eigenvalue weighted by Crippen LogP contribution is -2.37. The van der Waals surface area contributed by atoms with Crippen LogP contribution in [0.25, 0.3) is 5.82 Å². The second kappa shape index (κ2) is 10.6. The number of nitrogens with zero attached hydrogens (tertiary/aromatic N) is 4. The van der Waals surface area contributed by atoms with Gasteiger partial charge in [0.2, 0.25) is 0 Å². The summed E-state index contributed by atoms with van der Waals surface area (Å²) in [6.07, 6.45) is 9.28. The van der Waals surface area contributed by atoms with Crippen LogP contribution in [-0.2, 0) is 6.54 Å². The van der Waals surface area contributed by atoms with E-state index >= 15 is 0 Å². The van der Waals surface area contributed by atoms with E-state index in [1.807, 2.05) is 30.0 Å². The Balaban J connectivity index is 1.87. The van der Waals surface area contributed by atoms with E-state index in [0.717, 1.165) is 42.2 Å². The Morgan fingerprint density at radius 3 is 2.65 bits per heavy atom. The molecule has 0 aromatic carbocycles. The first-order valence-electron chi connectivity index (χ1n) is 9.57. The Bertz CT molecular complexity index is 672. The fraction of sp³-hybridized carbons (Fsp3) is 0.550. The lowest BCUT2D eigenvalue weighted by molar-refractivity contribution is 0.534. The molecular formula is C20H32N6. The maximum absolute atomic E-state index is 4.66. The molecule has 0 unspecified atom stereocenters. The predicted octanol–water partition coefficient (Wildman–Crippen LogP) is 3.46. The molecule has 2 N–H and O–H groups in total. The number of hydrogen-bond acceptors (Lipinski definition) is 3. The molecule has 26 heavy (non-hydrogen) atoms. The Morgan fingerprint density at radius 2 is 2.04 bits per heavy atom. The largest absolute Gasteiger partial charge is 0.357 e. The summed E-state index contributed by atoms with van der Waals surface area (Å²) in [6.45, 7) is 11.0. The first kappa shape index (κ1) is 19.9. The van der Waals surface area contributed by atoms with Crippen LogP contribution in [0.4, 0.5) is 0 Å². The summed E-state index contributed by atoms with van der Waals surface area (Å²) in [6, 6.07) is 4.07. The number of nitrogens with one attached hydrogen (secondary N) is 2. The van der Waals surface area contributed by atoms with Gasteiger partial charge in [0.1, 0.15) is 11.6 Å². The lowest BCUT2D eigenvalue weighted by Gasteiger charge is -2.12. The molecular weight excluding hydrogens is 324 g/mol. The molecule has 0 radical (unpaired) electrons. The van der Waals surface area contributed by atoms with Crippen LogP contribution < -0.4 is 10.6 Å². The molecule has 0 aliphatic heterocycles. The minimum Gasteiger partial charge on any atom is -0.357 e. The minimum absolute atomic E-state index is 0.609. The highest BCUT2D eigenvalue weighted by molar-refractivity contribution is 5.79. The third-order valence-corrected chi connectivity index (χ3v) is 4.15. The summed E-state index contributed by atoms with van der Waals surface area (Å²) in [5, 5.41) is 6.71. The number of unbranched alkanes of at least 4 members (excludes halogenated alkanes) is 1. The molecule has 0 aliphatic rings. The van der Waals surface area contributed by atoms with Gasteiger partial charge in [0.15, 0.2) is 5.96 Å². The van der Waals surface area contributed by atoms with Crippen LogP contribution in [0.5, 0.6) is 0 Å². The average Bonchev–Trinajstić information content (AvgIpc) is 3.05. The topological polar surface area (TPSA) is 67.1 Å². The van der Waals surface area contributed by atoms with Gasteiger partial charge in [-0.3, -0.25) is 4.57 Å². The van der Waals surface area contributed by atoms with Crippen molar-refractivity contribution in [1.29, 1.82) is 0 Å². The highest BCUT2D eigenvalue weighted by atomic mass is 15.2. The Hall–Kier alpha value is -2.37. The third kappa shape index (κ3) is 6.50. The number of hydrogen-bond donors (Lipinski definition) is 2. The first-order valence-corrected chi connectivity index (χ1v) is 9.57. The van der Waals surface area contributed by atoms with Gasteiger partial charge >= 0.3 is 0 Å². The number of rotatable bonds is 9. The van der Waals surface area contributed by atoms with E-state index in [9.17, 15) is 0 Å². The van der Waals surface area contributed by atoms with Gasteiger partial charge in [0, 0.05) is 31.7 Å². The van der Waals surface area contributed by atoms with E-state index in [-0.39, 0.29) is 0 Å². The van der Waals surface area contributed by atoms with E-state index in [0.29, 0.717) is 6.54 Å². The summed E-state index contributed by atoms with van der Waals surface area (Å²) in [7, 11) is 0. The Morgan fingerprint density at radius 1 is 1.19 bits per heavy atom. The molecule has 6 nitrogen and oxygen atoms in total. The van der Waals surface area contributed by atoms with Crippen molar-refractivity contribution in [3.05, 3.63) is 42.1 Å². The molecule has 6 heteroatoms. The lowest BCUT2D eigenvalue weighted by atomic mass is 10.1. The first-order chi connectivity index (χ1) is 12.6. The minimum atomic E-state index is 0.609. The molecule has 0 spiro atoms. The van der Waals surface area contributed by atoms with E-state index in [1.165, 1.54) is 19.3 Å². The predicted molar refractivity (Wildman–Crippen MR) is 108 cm³/mol. The normalized spacial score (nSPS) is 11.8. The van der Waals surface area contributed by atoms with Gasteiger partial charge in [-0.15, -0.1) is 0 Å². The maximum atomic E-state index is 4.66. The maximum Gasteiger partial charge on any atom is 0.191 e. The van der Waals surface area contributed by atoms with E-state index < -0.39 is 0 Å². The van der Waals surface area contributed by atoms with E-state index in [4.69, 9.17) is 0 Å². The van der Waals surface area contributed by atoms with Crippen molar-refractivity contribution < 1.29 is 0 Å². The number of imidazole rings is 1. The molecule has 2 heterocycles. The molecule has 2 aromatic heterocycles. The zero-order valence-electron chi connectivity index (χ0n) is 16.5. The number of pyridine rings is 1. The monoisotopic (exact) mass is 356 g/mol. The summed E-state index contributed by atoms with van der Waals surface area (Å²) < 4.78 is 1.97. The highest BCUT2D eigenvalue weighted by Gasteiger charge is 2.03. The third-order valence-electron chi connectivity index (χ3n) is 4.15. The van der Waals surface area contributed by atoms with Gasteiger partial charge in [0.25, 0.3) is 0 Å². The van der Waals surface area contributed by atoms with Crippen molar-refractivity contribution >= 4 is 5.96 Å². The van der Waals surface area contributed by atoms with Crippen LogP contribution in [0.2, 0.25) is 0 Å². The molecule has 2 rings (SSSR count). The molecule has 2 aromatic rings. The van der Waals surface area contributed by atoms with Gasteiger partial charge in [-0.05, 0) is 37.8 Å². The number of aryl methyl sites for hydroxylation is 1. The molecule has 0 saturated carbocycles. The molecule has 142 valence electrons. The second-order valence-corrected chi connectivity index (χ2v) is 6.88. The quantitative estimate of drug-likeness (QED) is 0.410. The SMILES string of the molecule is CCNC(=NCc1ccc(-n2ccnc2C)nc1)NCCCCC(C)C. The van der Waals surface area contributed by atoms with Crippen molar-refractivity contribution in [2.45, 2.75) is 53.5 Å². The summed E-state index contributed by atoms with van der Waals surface area (Å²) >= 11 is 0. The second-order valence-electron chi connectivity index (χ2n) is 6.88. The summed E-state index contributed by atoms with van der Waals surface area (Å²) in [4.78, 5) is 13.4. The van der Waals surface area contributed by atoms with Gasteiger partial charge < -0.3 is 10.6 Å². The standard InChI is InChI=1S/C20H32N6/c1-5-21-20(23-11-7-6-8-16(2)3)25-15-18-9-10-19(24-14-18)26-13-12-22-17(26)4/h9-10,12-14,16H,5-8,11,15H2,1-4H3,(H2,21,23,25). The van der Waals surface area contributed by atoms with Crippen molar-refractivity contribution in [2.24, 2.45) is 10.9 Å². The van der Waals surface area contributed by atoms with Crippen molar-refractivity contribution in [3.63, 3.8) is 0 Å². The zero-order chi connectivity index (χ0) is 18.8. The molecule has 0 fully saturated rings. The number of aromatic nitrogens is 3. The molecule has 0 amide bonds. The van der Waals surface area contributed by atoms with Gasteiger partial charge in [-0.25, -0.2) is 15.0 Å². The van der Waals surface area contributed by atoms with Gasteiger partial charge in [-0.2, -0.15) is 0 Å². The number of aliphatic imine (C=N–C) groups is 1. The van der Waals surface area contributed by atoms with Crippen LogP contribution in [0.15, 0.2) is 35.7 Å². The van der Waals surface area contributed by atoms with Crippen molar-refractivity contribution in [1.82, 2.24) is 25.2 Å². The highest BCUT2D eigenvalue weighted by Crippen LogP contribution is 2.09. The van der Waals surface area contributed by atoms with E-state index in [1.54, 1.807) is 6.20 Å². The molecule has 0 bridgehead atoms. The van der Waals surface area contributed by atoms with Crippen LogP contribution in [-0.4, -0.2) is 33.6 Å². The summed E-state index contributed by atoms with van der Waals surface area (Å²) in [5.41, 5.74) is 1.09. The fourth-order valence-electron chi connectivity index (χ4n) is 2.67. The zero-order valence-corrected chi connectivity index (χ0v) is 16.5. The van der Waals surface area contributed by atoms with Gasteiger partial charge in [-0.1, -0.05) is 32.8 Å². The molecule has 0 atom stereocenters. The van der Waals surface area contributed by atoms with Crippen LogP contribution in [0.3, 0.4) is 0 Å². The molecule has 0 saturated heterocycles. The number of guanidine groups is 1. The van der Waals surface area contributed by atoms with Gasteiger partial charge in [0.05, 0.1) is 6.54 Å². The smallest absolute Gasteiger partial charge is 0.191 e. The Labute approximate surface area is 157 Å². The van der Waals surface area contributed by atoms with Crippen molar-refractivity contribution in [2.75, 3.05) is 13.1 Å².